The van der Waals surface area contributed by atoms with Crippen LogP contribution in [0.1, 0.15) is 51.4 Å². The number of aromatic nitrogens is 3. The predicted molar refractivity (Wildman–Crippen MR) is 208 cm³/mol. The first-order valence-electron chi connectivity index (χ1n) is 17.7. The van der Waals surface area contributed by atoms with Crippen molar-refractivity contribution < 1.29 is 18.0 Å². The number of halogens is 4. The summed E-state index contributed by atoms with van der Waals surface area (Å²) in [4.78, 5) is 40.7. The molecule has 10 rings (SSSR count). The Labute approximate surface area is 316 Å². The molecule has 4 N–H and O–H groups in total. The number of hydrogen-bond donors (Lipinski definition) is 3. The number of rotatable bonds is 3. The number of thiazole rings is 1. The summed E-state index contributed by atoms with van der Waals surface area (Å²) in [7, 11) is 0. The summed E-state index contributed by atoms with van der Waals surface area (Å²) in [5.74, 6) is -0.970. The van der Waals surface area contributed by atoms with Gasteiger partial charge in [0.2, 0.25) is 6.41 Å². The smallest absolute Gasteiger partial charge is 0.347 e. The molecule has 2 aromatic carbocycles. The molecule has 6 aliphatic rings. The standard InChI is InChI=1S/C22H17ClF2N6O2S.C7H12FN.C3H6.C2H5N.2C2H2/c23-13-5-12-17(16(25)15(13)11-3-4-14(24)19-18(11)27-21(26)34-19)28-22(33)29-20(12)30-6-9-1-2-10(7-30)31(9)8-32;8-6-4-7-2-1-3-9(7)5-6;2*1-2-3-1;2*1-2/h3-5,8-10H,1-2,6-7H2,(H2,26,27)(H,28,29,33);6-7H,1-5H2;1-3H2;3H,1-2H2;2*1-2H/t;6-,7?;;;;/m.1..../s1. The molecule has 282 valence electrons. The van der Waals surface area contributed by atoms with E-state index in [1.54, 1.807) is 11.0 Å². The van der Waals surface area contributed by atoms with Gasteiger partial charge in [0.05, 0.1) is 20.8 Å². The van der Waals surface area contributed by atoms with Crippen LogP contribution in [0.2, 0.25) is 5.02 Å². The third-order valence-corrected chi connectivity index (χ3v) is 10.9. The van der Waals surface area contributed by atoms with Crippen LogP contribution in [0.4, 0.5) is 24.1 Å². The van der Waals surface area contributed by atoms with Gasteiger partial charge in [-0.05, 0) is 56.8 Å². The van der Waals surface area contributed by atoms with Gasteiger partial charge >= 0.3 is 5.69 Å². The average molecular weight is 769 g/mol. The number of carbonyl (C=O) groups is 1. The lowest BCUT2D eigenvalue weighted by Crippen LogP contribution is -2.53. The number of terminal acetylenes is 2. The maximum atomic E-state index is 16.0. The quantitative estimate of drug-likeness (QED) is 0.132. The molecule has 15 heteroatoms. The molecule has 1 amide bonds. The topological polar surface area (TPSA) is 133 Å². The summed E-state index contributed by atoms with van der Waals surface area (Å²) in [6, 6.07) is 4.78. The Bertz CT molecular complexity index is 1960. The van der Waals surface area contributed by atoms with Gasteiger partial charge in [0.25, 0.3) is 0 Å². The molecule has 2 bridgehead atoms. The van der Waals surface area contributed by atoms with Crippen LogP contribution >= 0.6 is 22.9 Å². The molecule has 5 saturated heterocycles. The highest BCUT2D eigenvalue weighted by Crippen LogP contribution is 2.42. The van der Waals surface area contributed by atoms with E-state index >= 15 is 4.39 Å². The van der Waals surface area contributed by atoms with Gasteiger partial charge in [0.15, 0.2) is 10.9 Å². The number of H-pyrrole nitrogens is 1. The van der Waals surface area contributed by atoms with Crippen molar-refractivity contribution in [2.24, 2.45) is 0 Å². The molecule has 0 spiro atoms. The number of carbonyl (C=O) groups excluding carboxylic acids is 1. The van der Waals surface area contributed by atoms with Crippen LogP contribution in [0.3, 0.4) is 0 Å². The van der Waals surface area contributed by atoms with Crippen LogP contribution in [-0.2, 0) is 4.79 Å². The van der Waals surface area contributed by atoms with Crippen molar-refractivity contribution in [1.82, 2.24) is 30.1 Å². The number of nitrogens with one attached hydrogen (secondary N) is 2. The van der Waals surface area contributed by atoms with Crippen molar-refractivity contribution in [3.05, 3.63) is 45.3 Å². The summed E-state index contributed by atoms with van der Waals surface area (Å²) in [5, 5.41) is 3.55. The van der Waals surface area contributed by atoms with E-state index in [1.165, 1.54) is 57.3 Å². The van der Waals surface area contributed by atoms with Crippen LogP contribution in [0.25, 0.3) is 32.2 Å². The molecular weight excluding hydrogens is 725 g/mol. The largest absolute Gasteiger partial charge is 0.375 e. The van der Waals surface area contributed by atoms with Gasteiger partial charge in [0.1, 0.15) is 17.8 Å². The summed E-state index contributed by atoms with van der Waals surface area (Å²) >= 11 is 7.53. The molecule has 0 radical (unpaired) electrons. The maximum absolute atomic E-state index is 16.0. The molecule has 4 atom stereocenters. The lowest BCUT2D eigenvalue weighted by atomic mass is 10.0. The van der Waals surface area contributed by atoms with Crippen LogP contribution in [0, 0.1) is 37.3 Å². The molecule has 5 aliphatic heterocycles. The van der Waals surface area contributed by atoms with Gasteiger partial charge in [-0.15, -0.1) is 25.7 Å². The zero-order valence-electron chi connectivity index (χ0n) is 29.4. The molecule has 10 nitrogen and oxygen atoms in total. The molecule has 1 saturated carbocycles. The van der Waals surface area contributed by atoms with Crippen LogP contribution in [0.15, 0.2) is 23.0 Å². The number of alkyl halides is 1. The number of fused-ring (bicyclic) bond motifs is 5. The first kappa shape index (κ1) is 39.9. The van der Waals surface area contributed by atoms with E-state index in [1.807, 2.05) is 4.90 Å². The summed E-state index contributed by atoms with van der Waals surface area (Å²) in [6.07, 6.45) is 25.9. The number of amides is 1. The van der Waals surface area contributed by atoms with Crippen molar-refractivity contribution in [1.29, 1.82) is 0 Å². The first-order valence-corrected chi connectivity index (χ1v) is 18.9. The van der Waals surface area contributed by atoms with Crippen molar-refractivity contribution in [2.75, 3.05) is 49.9 Å². The Morgan fingerprint density at radius 1 is 0.962 bits per heavy atom. The van der Waals surface area contributed by atoms with Crippen LogP contribution in [-0.4, -0.2) is 94.7 Å². The minimum absolute atomic E-state index is 0.00889. The highest BCUT2D eigenvalue weighted by atomic mass is 35.5. The predicted octanol–water partition coefficient (Wildman–Crippen LogP) is 5.97. The lowest BCUT2D eigenvalue weighted by Gasteiger charge is -2.39. The summed E-state index contributed by atoms with van der Waals surface area (Å²) < 4.78 is 43.0. The molecule has 3 unspecified atom stereocenters. The average Bonchev–Trinajstić information content (AvgIpc) is 4.10. The fraction of sp³-hybridized carbons (Fsp3) is 0.474. The minimum Gasteiger partial charge on any atom is -0.375 e. The Morgan fingerprint density at radius 2 is 1.62 bits per heavy atom. The number of nitrogens with two attached hydrogens (primary N) is 1. The highest BCUT2D eigenvalue weighted by molar-refractivity contribution is 7.22. The summed E-state index contributed by atoms with van der Waals surface area (Å²) in [6.45, 7) is 5.33. The number of nitrogens with zero attached hydrogens (tertiary/aromatic N) is 5. The van der Waals surface area contributed by atoms with E-state index < -0.39 is 23.5 Å². The Balaban J connectivity index is 0.000000232. The number of hydrogen-bond acceptors (Lipinski definition) is 9. The van der Waals surface area contributed by atoms with E-state index in [4.69, 9.17) is 17.3 Å². The van der Waals surface area contributed by atoms with Crippen molar-refractivity contribution in [3.63, 3.8) is 0 Å². The molecular formula is C38H44ClF3N8O2S. The number of anilines is 2. The van der Waals surface area contributed by atoms with E-state index in [0.29, 0.717) is 36.9 Å². The third kappa shape index (κ3) is 9.25. The van der Waals surface area contributed by atoms with Crippen LogP contribution < -0.4 is 21.6 Å². The second-order valence-corrected chi connectivity index (χ2v) is 14.9. The number of nitrogen functional groups attached to an aromatic ring is 1. The van der Waals surface area contributed by atoms with Crippen LogP contribution in [0.5, 0.6) is 0 Å². The fourth-order valence-corrected chi connectivity index (χ4v) is 8.26. The second-order valence-electron chi connectivity index (χ2n) is 13.4. The SMILES string of the molecule is C#C.C#C.C1CC1.C1CN1.F[C@@H]1CC2CCCN2C1.Nc1nc2c(-c3c(Cl)cc4c(N5CC6CCC(C5)N6C=O)nc(=O)[nH]c4c3F)ccc(F)c2s1. The van der Waals surface area contributed by atoms with Crippen molar-refractivity contribution >= 4 is 61.4 Å². The van der Waals surface area contributed by atoms with Gasteiger partial charge < -0.3 is 25.8 Å². The normalized spacial score (nSPS) is 23.0. The summed E-state index contributed by atoms with van der Waals surface area (Å²) in [5.41, 5.74) is 5.46. The minimum atomic E-state index is -0.766. The maximum Gasteiger partial charge on any atom is 0.347 e. The van der Waals surface area contributed by atoms with Gasteiger partial charge in [0, 0.05) is 67.4 Å². The first-order chi connectivity index (χ1) is 25.7. The lowest BCUT2D eigenvalue weighted by molar-refractivity contribution is -0.121. The molecule has 6 fully saturated rings. The van der Waals surface area contributed by atoms with Gasteiger partial charge in [-0.1, -0.05) is 42.2 Å². The Kier molecular flexibility index (Phi) is 13.6. The molecule has 1 aliphatic carbocycles. The van der Waals surface area contributed by atoms with E-state index in [0.717, 1.165) is 43.6 Å². The van der Waals surface area contributed by atoms with Gasteiger partial charge in [-0.25, -0.2) is 22.9 Å². The van der Waals surface area contributed by atoms with Crippen molar-refractivity contribution in [3.8, 4) is 36.8 Å². The molecule has 2 aromatic heterocycles. The highest BCUT2D eigenvalue weighted by Gasteiger charge is 2.40. The number of piperazine rings is 1. The molecule has 53 heavy (non-hydrogen) atoms. The Morgan fingerprint density at radius 3 is 2.21 bits per heavy atom. The second kappa shape index (κ2) is 18.1. The Hall–Kier alpha value is -4.34. The van der Waals surface area contributed by atoms with E-state index in [-0.39, 0.29) is 49.1 Å². The van der Waals surface area contributed by atoms with E-state index in [2.05, 4.69) is 50.9 Å². The van der Waals surface area contributed by atoms with E-state index in [9.17, 15) is 18.4 Å². The number of aromatic amines is 1. The number of benzene rings is 2. The third-order valence-electron chi connectivity index (χ3n) is 9.70. The monoisotopic (exact) mass is 768 g/mol. The molecule has 7 heterocycles. The zero-order chi connectivity index (χ0) is 38.2. The zero-order valence-corrected chi connectivity index (χ0v) is 31.0. The molecule has 4 aromatic rings. The fourth-order valence-electron chi connectivity index (χ4n) is 7.20. The van der Waals surface area contributed by atoms with Crippen molar-refractivity contribution in [2.45, 2.75) is 75.7 Å². The van der Waals surface area contributed by atoms with Gasteiger partial charge in [-0.3, -0.25) is 9.69 Å². The van der Waals surface area contributed by atoms with Gasteiger partial charge in [-0.2, -0.15) is 4.98 Å².